The van der Waals surface area contributed by atoms with Gasteiger partial charge < -0.3 is 4.98 Å². The minimum absolute atomic E-state index is 0.928. The molecule has 3 aromatic rings. The maximum absolute atomic E-state index is 4.35. The van der Waals surface area contributed by atoms with Gasteiger partial charge in [-0.25, -0.2) is 4.98 Å². The maximum atomic E-state index is 4.35. The van der Waals surface area contributed by atoms with E-state index >= 15 is 0 Å². The molecule has 0 unspecified atom stereocenters. The Kier molecular flexibility index (Phi) is 4.19. The van der Waals surface area contributed by atoms with Crippen LogP contribution in [0.5, 0.6) is 0 Å². The van der Waals surface area contributed by atoms with Crippen molar-refractivity contribution in [3.8, 4) is 11.3 Å². The number of hydrogen-bond donors (Lipinski definition) is 1. The van der Waals surface area contributed by atoms with E-state index in [1.165, 1.54) is 22.3 Å². The van der Waals surface area contributed by atoms with Crippen LogP contribution in [-0.2, 0) is 6.42 Å². The Morgan fingerprint density at radius 2 is 1.50 bits per heavy atom. The van der Waals surface area contributed by atoms with E-state index in [1.807, 2.05) is 6.20 Å². The van der Waals surface area contributed by atoms with E-state index in [9.17, 15) is 0 Å². The standard InChI is InChI=1S/C20H20N2/c1-3-20-21-14-19(22-20)18-12-10-17(11-13-18)9-8-16-6-4-15(2)5-7-16/h4-14H,3H2,1-2H3,(H,21,22)/b9-8+. The van der Waals surface area contributed by atoms with Crippen LogP contribution in [0.2, 0.25) is 0 Å². The molecule has 0 atom stereocenters. The Bertz CT molecular complexity index is 762. The van der Waals surface area contributed by atoms with Gasteiger partial charge >= 0.3 is 0 Å². The number of rotatable bonds is 4. The molecular formula is C20H20N2. The molecule has 0 saturated carbocycles. The largest absolute Gasteiger partial charge is 0.342 e. The van der Waals surface area contributed by atoms with Gasteiger partial charge in [0.1, 0.15) is 5.82 Å². The highest BCUT2D eigenvalue weighted by Gasteiger charge is 2.01. The zero-order valence-corrected chi connectivity index (χ0v) is 13.0. The third-order valence-electron chi connectivity index (χ3n) is 3.73. The fourth-order valence-electron chi connectivity index (χ4n) is 2.33. The molecule has 3 rings (SSSR count). The maximum Gasteiger partial charge on any atom is 0.106 e. The zero-order chi connectivity index (χ0) is 15.4. The Morgan fingerprint density at radius 1 is 0.909 bits per heavy atom. The molecule has 0 aliphatic rings. The topological polar surface area (TPSA) is 28.7 Å². The normalized spacial score (nSPS) is 11.2. The first-order chi connectivity index (χ1) is 10.7. The predicted octanol–water partition coefficient (Wildman–Crippen LogP) is 5.12. The van der Waals surface area contributed by atoms with E-state index in [4.69, 9.17) is 0 Å². The Morgan fingerprint density at radius 3 is 2.05 bits per heavy atom. The van der Waals surface area contributed by atoms with E-state index in [2.05, 4.69) is 84.5 Å². The molecule has 1 aromatic heterocycles. The average molecular weight is 288 g/mol. The summed E-state index contributed by atoms with van der Waals surface area (Å²) in [5.74, 6) is 1.03. The summed E-state index contributed by atoms with van der Waals surface area (Å²) in [5, 5.41) is 0. The summed E-state index contributed by atoms with van der Waals surface area (Å²) in [7, 11) is 0. The van der Waals surface area contributed by atoms with E-state index in [0.717, 1.165) is 17.9 Å². The van der Waals surface area contributed by atoms with Crippen molar-refractivity contribution in [3.63, 3.8) is 0 Å². The molecule has 0 aliphatic heterocycles. The molecule has 1 heterocycles. The molecule has 0 saturated heterocycles. The minimum Gasteiger partial charge on any atom is -0.342 e. The fourth-order valence-corrected chi connectivity index (χ4v) is 2.33. The van der Waals surface area contributed by atoms with Crippen molar-refractivity contribution in [3.05, 3.63) is 77.2 Å². The number of imidazole rings is 1. The lowest BCUT2D eigenvalue weighted by Gasteiger charge is -1.99. The lowest BCUT2D eigenvalue weighted by molar-refractivity contribution is 0.991. The van der Waals surface area contributed by atoms with Gasteiger partial charge in [0.2, 0.25) is 0 Å². The van der Waals surface area contributed by atoms with Crippen LogP contribution < -0.4 is 0 Å². The van der Waals surface area contributed by atoms with Gasteiger partial charge in [0, 0.05) is 6.42 Å². The van der Waals surface area contributed by atoms with Crippen molar-refractivity contribution >= 4 is 12.2 Å². The first kappa shape index (κ1) is 14.3. The molecule has 0 bridgehead atoms. The number of aromatic amines is 1. The molecule has 0 spiro atoms. The monoisotopic (exact) mass is 288 g/mol. The molecule has 0 amide bonds. The third kappa shape index (κ3) is 3.34. The van der Waals surface area contributed by atoms with Gasteiger partial charge in [-0.05, 0) is 23.6 Å². The second-order valence-electron chi connectivity index (χ2n) is 5.46. The number of hydrogen-bond acceptors (Lipinski definition) is 1. The molecule has 22 heavy (non-hydrogen) atoms. The molecule has 0 fully saturated rings. The molecule has 2 nitrogen and oxygen atoms in total. The van der Waals surface area contributed by atoms with Gasteiger partial charge in [0.05, 0.1) is 11.9 Å². The van der Waals surface area contributed by atoms with Gasteiger partial charge in [-0.2, -0.15) is 0 Å². The summed E-state index contributed by atoms with van der Waals surface area (Å²) >= 11 is 0. The number of benzene rings is 2. The van der Waals surface area contributed by atoms with Crippen molar-refractivity contribution in [2.75, 3.05) is 0 Å². The van der Waals surface area contributed by atoms with Crippen LogP contribution >= 0.6 is 0 Å². The summed E-state index contributed by atoms with van der Waals surface area (Å²) in [5.41, 5.74) is 5.94. The van der Waals surface area contributed by atoms with Crippen LogP contribution in [-0.4, -0.2) is 9.97 Å². The van der Waals surface area contributed by atoms with Crippen molar-refractivity contribution in [2.45, 2.75) is 20.3 Å². The van der Waals surface area contributed by atoms with Crippen LogP contribution in [0.4, 0.5) is 0 Å². The smallest absolute Gasteiger partial charge is 0.106 e. The summed E-state index contributed by atoms with van der Waals surface area (Å²) in [6, 6.07) is 17.1. The molecule has 0 aliphatic carbocycles. The van der Waals surface area contributed by atoms with Gasteiger partial charge in [0.25, 0.3) is 0 Å². The molecule has 2 aromatic carbocycles. The highest BCUT2D eigenvalue weighted by Crippen LogP contribution is 2.19. The molecule has 0 radical (unpaired) electrons. The second kappa shape index (κ2) is 6.44. The Labute approximate surface area is 131 Å². The lowest BCUT2D eigenvalue weighted by Crippen LogP contribution is -1.82. The summed E-state index contributed by atoms with van der Waals surface area (Å²) in [6.45, 7) is 4.20. The van der Waals surface area contributed by atoms with Crippen LogP contribution in [0.3, 0.4) is 0 Å². The molecular weight excluding hydrogens is 268 g/mol. The van der Waals surface area contributed by atoms with Gasteiger partial charge in [-0.15, -0.1) is 0 Å². The Hall–Kier alpha value is -2.61. The number of aromatic nitrogens is 2. The first-order valence-corrected chi connectivity index (χ1v) is 7.63. The summed E-state index contributed by atoms with van der Waals surface area (Å²) in [6.07, 6.45) is 7.10. The average Bonchev–Trinajstić information content (AvgIpc) is 3.04. The van der Waals surface area contributed by atoms with E-state index in [1.54, 1.807) is 0 Å². The van der Waals surface area contributed by atoms with E-state index < -0.39 is 0 Å². The quantitative estimate of drug-likeness (QED) is 0.663. The van der Waals surface area contributed by atoms with E-state index in [-0.39, 0.29) is 0 Å². The molecule has 1 N–H and O–H groups in total. The number of nitrogens with one attached hydrogen (secondary N) is 1. The first-order valence-electron chi connectivity index (χ1n) is 7.63. The fraction of sp³-hybridized carbons (Fsp3) is 0.150. The molecule has 2 heteroatoms. The van der Waals surface area contributed by atoms with Crippen LogP contribution in [0.25, 0.3) is 23.4 Å². The lowest BCUT2D eigenvalue weighted by atomic mass is 10.1. The zero-order valence-electron chi connectivity index (χ0n) is 13.0. The van der Waals surface area contributed by atoms with Crippen LogP contribution in [0.1, 0.15) is 29.4 Å². The van der Waals surface area contributed by atoms with Crippen molar-refractivity contribution < 1.29 is 0 Å². The summed E-state index contributed by atoms with van der Waals surface area (Å²) in [4.78, 5) is 7.68. The van der Waals surface area contributed by atoms with Crippen molar-refractivity contribution in [1.29, 1.82) is 0 Å². The number of nitrogens with zero attached hydrogens (tertiary/aromatic N) is 1. The van der Waals surface area contributed by atoms with Crippen LogP contribution in [0, 0.1) is 6.92 Å². The highest BCUT2D eigenvalue weighted by atomic mass is 14.9. The SMILES string of the molecule is CCc1ncc(-c2ccc(/C=C/c3ccc(C)cc3)cc2)[nH]1. The minimum atomic E-state index is 0.928. The second-order valence-corrected chi connectivity index (χ2v) is 5.46. The van der Waals surface area contributed by atoms with E-state index in [0.29, 0.717) is 0 Å². The number of aryl methyl sites for hydroxylation is 2. The van der Waals surface area contributed by atoms with Crippen molar-refractivity contribution in [2.24, 2.45) is 0 Å². The number of H-pyrrole nitrogens is 1. The van der Waals surface area contributed by atoms with Crippen LogP contribution in [0.15, 0.2) is 54.7 Å². The summed E-state index contributed by atoms with van der Waals surface area (Å²) < 4.78 is 0. The highest BCUT2D eigenvalue weighted by molar-refractivity contribution is 5.71. The predicted molar refractivity (Wildman–Crippen MR) is 93.5 cm³/mol. The van der Waals surface area contributed by atoms with Gasteiger partial charge in [-0.3, -0.25) is 0 Å². The van der Waals surface area contributed by atoms with Gasteiger partial charge in [0.15, 0.2) is 0 Å². The third-order valence-corrected chi connectivity index (χ3v) is 3.73. The Balaban J connectivity index is 1.75. The van der Waals surface area contributed by atoms with Gasteiger partial charge in [-0.1, -0.05) is 73.2 Å². The molecule has 110 valence electrons. The van der Waals surface area contributed by atoms with Crippen molar-refractivity contribution in [1.82, 2.24) is 9.97 Å².